The summed E-state index contributed by atoms with van der Waals surface area (Å²) < 4.78 is 0. The van der Waals surface area contributed by atoms with Gasteiger partial charge in [-0.05, 0) is 30.5 Å². The Balaban J connectivity index is 2.30. The van der Waals surface area contributed by atoms with Crippen LogP contribution >= 0.6 is 11.6 Å². The number of nitrogens with one attached hydrogen (secondary N) is 3. The maximum Gasteiger partial charge on any atom is 0.239 e. The van der Waals surface area contributed by atoms with E-state index in [-0.39, 0.29) is 43.1 Å². The highest BCUT2D eigenvalue weighted by Gasteiger charge is 2.17. The molecular formula is C17H25ClN4O3. The predicted molar refractivity (Wildman–Crippen MR) is 98.3 cm³/mol. The Morgan fingerprint density at radius 1 is 1.16 bits per heavy atom. The molecule has 25 heavy (non-hydrogen) atoms. The lowest BCUT2D eigenvalue weighted by Gasteiger charge is -2.15. The van der Waals surface area contributed by atoms with E-state index in [0.717, 1.165) is 5.56 Å². The summed E-state index contributed by atoms with van der Waals surface area (Å²) in [5.41, 5.74) is 7.10. The molecule has 138 valence electrons. The standard InChI is InChI=1S/C17H25ClN4O3/c1-10(2)16(19)17(25)21-9-15(24)20-8-7-14(23)22-13-6-4-5-12(18)11(13)3/h4-6,10,16H,7-9,19H2,1-3H3,(H,20,24)(H,21,25)(H,22,23)/t16-/m0/s1. The van der Waals surface area contributed by atoms with Crippen molar-refractivity contribution < 1.29 is 14.4 Å². The van der Waals surface area contributed by atoms with Gasteiger partial charge in [-0.3, -0.25) is 14.4 Å². The summed E-state index contributed by atoms with van der Waals surface area (Å²) in [6, 6.07) is 4.59. The molecule has 1 aromatic carbocycles. The van der Waals surface area contributed by atoms with E-state index in [0.29, 0.717) is 10.7 Å². The van der Waals surface area contributed by atoms with Crippen LogP contribution in [0.5, 0.6) is 0 Å². The van der Waals surface area contributed by atoms with Crippen LogP contribution in [0.3, 0.4) is 0 Å². The number of hydrogen-bond donors (Lipinski definition) is 4. The summed E-state index contributed by atoms with van der Waals surface area (Å²) in [5.74, 6) is -1.01. The lowest BCUT2D eigenvalue weighted by Crippen LogP contribution is -2.47. The monoisotopic (exact) mass is 368 g/mol. The van der Waals surface area contributed by atoms with E-state index in [2.05, 4.69) is 16.0 Å². The fraction of sp³-hybridized carbons (Fsp3) is 0.471. The maximum atomic E-state index is 11.9. The van der Waals surface area contributed by atoms with Crippen molar-refractivity contribution in [2.75, 3.05) is 18.4 Å². The molecule has 0 saturated carbocycles. The first-order valence-electron chi connectivity index (χ1n) is 8.07. The molecule has 8 heteroatoms. The number of anilines is 1. The van der Waals surface area contributed by atoms with Crippen LogP contribution in [0.4, 0.5) is 5.69 Å². The summed E-state index contributed by atoms with van der Waals surface area (Å²) in [4.78, 5) is 35.2. The average Bonchev–Trinajstić information content (AvgIpc) is 2.56. The molecule has 1 atom stereocenters. The molecule has 3 amide bonds. The van der Waals surface area contributed by atoms with E-state index in [1.165, 1.54) is 0 Å². The fourth-order valence-corrected chi connectivity index (χ4v) is 2.10. The van der Waals surface area contributed by atoms with Gasteiger partial charge in [0.25, 0.3) is 0 Å². The molecule has 5 N–H and O–H groups in total. The number of rotatable bonds is 8. The first kappa shape index (κ1) is 20.9. The maximum absolute atomic E-state index is 11.9. The molecule has 0 heterocycles. The van der Waals surface area contributed by atoms with Crippen molar-refractivity contribution in [3.63, 3.8) is 0 Å². The van der Waals surface area contributed by atoms with Crippen molar-refractivity contribution in [1.82, 2.24) is 10.6 Å². The highest BCUT2D eigenvalue weighted by atomic mass is 35.5. The molecule has 1 aromatic rings. The second kappa shape index (κ2) is 10.0. The number of carbonyl (C=O) groups excluding carboxylic acids is 3. The zero-order valence-electron chi connectivity index (χ0n) is 14.7. The Morgan fingerprint density at radius 2 is 1.84 bits per heavy atom. The molecule has 0 aliphatic carbocycles. The summed E-state index contributed by atoms with van der Waals surface area (Å²) in [6.45, 7) is 5.45. The van der Waals surface area contributed by atoms with Gasteiger partial charge in [-0.15, -0.1) is 0 Å². The van der Waals surface area contributed by atoms with Crippen LogP contribution in [0.2, 0.25) is 5.02 Å². The smallest absolute Gasteiger partial charge is 0.239 e. The van der Waals surface area contributed by atoms with Gasteiger partial charge in [-0.25, -0.2) is 0 Å². The minimum atomic E-state index is -0.653. The van der Waals surface area contributed by atoms with E-state index in [4.69, 9.17) is 17.3 Å². The fourth-order valence-electron chi connectivity index (χ4n) is 1.92. The second-order valence-electron chi connectivity index (χ2n) is 6.05. The van der Waals surface area contributed by atoms with Gasteiger partial charge in [0.1, 0.15) is 0 Å². The number of nitrogens with two attached hydrogens (primary N) is 1. The van der Waals surface area contributed by atoms with Gasteiger partial charge in [0.15, 0.2) is 0 Å². The lowest BCUT2D eigenvalue weighted by molar-refractivity contribution is -0.127. The largest absolute Gasteiger partial charge is 0.354 e. The minimum absolute atomic E-state index is 0.0123. The van der Waals surface area contributed by atoms with Gasteiger partial charge in [0.2, 0.25) is 17.7 Å². The van der Waals surface area contributed by atoms with Crippen molar-refractivity contribution >= 4 is 35.0 Å². The number of benzene rings is 1. The van der Waals surface area contributed by atoms with Gasteiger partial charge in [-0.2, -0.15) is 0 Å². The molecule has 0 aliphatic heterocycles. The summed E-state index contributed by atoms with van der Waals surface area (Å²) >= 11 is 5.99. The number of halogens is 1. The first-order valence-corrected chi connectivity index (χ1v) is 8.45. The molecule has 0 radical (unpaired) electrons. The molecule has 0 unspecified atom stereocenters. The van der Waals surface area contributed by atoms with Crippen LogP contribution < -0.4 is 21.7 Å². The lowest BCUT2D eigenvalue weighted by atomic mass is 10.1. The number of hydrogen-bond acceptors (Lipinski definition) is 4. The topological polar surface area (TPSA) is 113 Å². The molecule has 0 saturated heterocycles. The predicted octanol–water partition coefficient (Wildman–Crippen LogP) is 1.19. The minimum Gasteiger partial charge on any atom is -0.354 e. The van der Waals surface area contributed by atoms with Gasteiger partial charge in [0.05, 0.1) is 12.6 Å². The third-order valence-electron chi connectivity index (χ3n) is 3.66. The zero-order chi connectivity index (χ0) is 19.0. The van der Waals surface area contributed by atoms with E-state index in [1.807, 2.05) is 20.8 Å². The number of carbonyl (C=O) groups is 3. The Labute approximate surface area is 152 Å². The first-order chi connectivity index (χ1) is 11.7. The SMILES string of the molecule is Cc1c(Cl)cccc1NC(=O)CCNC(=O)CNC(=O)[C@@H](N)C(C)C. The van der Waals surface area contributed by atoms with Crippen LogP contribution in [0, 0.1) is 12.8 Å². The molecule has 7 nitrogen and oxygen atoms in total. The van der Waals surface area contributed by atoms with Crippen LogP contribution in [0.25, 0.3) is 0 Å². The van der Waals surface area contributed by atoms with Crippen molar-refractivity contribution in [3.8, 4) is 0 Å². The molecular weight excluding hydrogens is 344 g/mol. The van der Waals surface area contributed by atoms with Crippen molar-refractivity contribution in [3.05, 3.63) is 28.8 Å². The third kappa shape index (κ3) is 7.11. The molecule has 0 bridgehead atoms. The van der Waals surface area contributed by atoms with E-state index in [1.54, 1.807) is 18.2 Å². The summed E-state index contributed by atoms with van der Waals surface area (Å²) in [7, 11) is 0. The zero-order valence-corrected chi connectivity index (χ0v) is 15.4. The Kier molecular flexibility index (Phi) is 8.37. The van der Waals surface area contributed by atoms with E-state index in [9.17, 15) is 14.4 Å². The third-order valence-corrected chi connectivity index (χ3v) is 4.07. The van der Waals surface area contributed by atoms with Gasteiger partial charge in [0, 0.05) is 23.7 Å². The van der Waals surface area contributed by atoms with Crippen LogP contribution in [0.1, 0.15) is 25.8 Å². The quantitative estimate of drug-likeness (QED) is 0.552. The van der Waals surface area contributed by atoms with Crippen LogP contribution in [-0.4, -0.2) is 36.9 Å². The average molecular weight is 369 g/mol. The molecule has 0 fully saturated rings. The highest BCUT2D eigenvalue weighted by Crippen LogP contribution is 2.22. The number of amides is 3. The van der Waals surface area contributed by atoms with E-state index >= 15 is 0 Å². The Hall–Kier alpha value is -2.12. The normalized spacial score (nSPS) is 11.8. The summed E-state index contributed by atoms with van der Waals surface area (Å²) in [5, 5.41) is 8.34. The van der Waals surface area contributed by atoms with Gasteiger partial charge in [-0.1, -0.05) is 31.5 Å². The van der Waals surface area contributed by atoms with Gasteiger partial charge < -0.3 is 21.7 Å². The van der Waals surface area contributed by atoms with Crippen LogP contribution in [0.15, 0.2) is 18.2 Å². The highest BCUT2D eigenvalue weighted by molar-refractivity contribution is 6.31. The molecule has 1 rings (SSSR count). The molecule has 0 spiro atoms. The Bertz CT molecular complexity index is 634. The van der Waals surface area contributed by atoms with Crippen LogP contribution in [-0.2, 0) is 14.4 Å². The van der Waals surface area contributed by atoms with Crippen molar-refractivity contribution in [2.24, 2.45) is 11.7 Å². The van der Waals surface area contributed by atoms with Crippen molar-refractivity contribution in [2.45, 2.75) is 33.2 Å². The van der Waals surface area contributed by atoms with Crippen molar-refractivity contribution in [1.29, 1.82) is 0 Å². The molecule has 0 aromatic heterocycles. The van der Waals surface area contributed by atoms with Gasteiger partial charge >= 0.3 is 0 Å². The Morgan fingerprint density at radius 3 is 2.48 bits per heavy atom. The summed E-state index contributed by atoms with van der Waals surface area (Å²) in [6.07, 6.45) is 0.108. The van der Waals surface area contributed by atoms with E-state index < -0.39 is 6.04 Å². The molecule has 0 aliphatic rings. The second-order valence-corrected chi connectivity index (χ2v) is 6.46.